The number of rotatable bonds is 7. The van der Waals surface area contributed by atoms with Gasteiger partial charge in [0, 0.05) is 24.1 Å². The number of fused-ring (bicyclic) bond motifs is 1. The van der Waals surface area contributed by atoms with Crippen LogP contribution in [0.2, 0.25) is 0 Å². The third-order valence-electron chi connectivity index (χ3n) is 7.92. The molecular weight excluding hydrogens is 485 g/mol. The van der Waals surface area contributed by atoms with E-state index in [1.807, 2.05) is 45.0 Å². The Labute approximate surface area is 222 Å². The van der Waals surface area contributed by atoms with Gasteiger partial charge in [-0.05, 0) is 50.3 Å². The summed E-state index contributed by atoms with van der Waals surface area (Å²) in [6, 6.07) is 8.18. The zero-order valence-electron chi connectivity index (χ0n) is 22.0. The Kier molecular flexibility index (Phi) is 6.49. The average molecular weight is 520 g/mol. The monoisotopic (exact) mass is 519 g/mol. The highest BCUT2D eigenvalue weighted by atomic mass is 19.1. The quantitative estimate of drug-likeness (QED) is 0.533. The lowest BCUT2D eigenvalue weighted by Crippen LogP contribution is -2.53. The molecule has 1 aromatic carbocycles. The van der Waals surface area contributed by atoms with E-state index in [1.54, 1.807) is 6.08 Å². The Morgan fingerprint density at radius 2 is 2.13 bits per heavy atom. The first-order valence-electron chi connectivity index (χ1n) is 13.1. The number of nitrogens with zero attached hydrogens (tertiary/aromatic N) is 3. The van der Waals surface area contributed by atoms with Gasteiger partial charge in [-0.2, -0.15) is 0 Å². The van der Waals surface area contributed by atoms with Crippen molar-refractivity contribution in [3.05, 3.63) is 72.3 Å². The van der Waals surface area contributed by atoms with E-state index in [9.17, 15) is 14.0 Å². The number of aromatic nitrogens is 1. The molecule has 1 unspecified atom stereocenters. The second kappa shape index (κ2) is 9.53. The molecular formula is C29H34FN5O3. The van der Waals surface area contributed by atoms with Crippen LogP contribution in [0, 0.1) is 17.7 Å². The molecule has 0 spiro atoms. The lowest BCUT2D eigenvalue weighted by atomic mass is 9.89. The smallest absolute Gasteiger partial charge is 0.232 e. The van der Waals surface area contributed by atoms with Crippen molar-refractivity contribution in [3.8, 4) is 5.75 Å². The van der Waals surface area contributed by atoms with Crippen molar-refractivity contribution >= 4 is 17.8 Å². The maximum Gasteiger partial charge on any atom is 0.232 e. The molecule has 200 valence electrons. The number of nitrogens with one attached hydrogen (secondary N) is 1. The summed E-state index contributed by atoms with van der Waals surface area (Å²) in [5.74, 6) is -0.714. The molecule has 2 aromatic rings. The number of benzene rings is 1. The molecule has 9 heteroatoms. The van der Waals surface area contributed by atoms with Crippen molar-refractivity contribution in [2.24, 2.45) is 22.6 Å². The maximum absolute atomic E-state index is 14.3. The summed E-state index contributed by atoms with van der Waals surface area (Å²) in [5, 5.41) is 3.21. The van der Waals surface area contributed by atoms with Gasteiger partial charge in [0.2, 0.25) is 11.8 Å². The van der Waals surface area contributed by atoms with Gasteiger partial charge in [-0.25, -0.2) is 9.38 Å². The molecule has 0 saturated heterocycles. The third kappa shape index (κ3) is 4.77. The van der Waals surface area contributed by atoms with E-state index in [4.69, 9.17) is 10.5 Å². The second-order valence-electron chi connectivity index (χ2n) is 11.1. The number of guanidine groups is 1. The van der Waals surface area contributed by atoms with Gasteiger partial charge < -0.3 is 15.8 Å². The molecule has 38 heavy (non-hydrogen) atoms. The van der Waals surface area contributed by atoms with Crippen molar-refractivity contribution in [2.45, 2.75) is 69.7 Å². The summed E-state index contributed by atoms with van der Waals surface area (Å²) in [5.41, 5.74) is 6.58. The maximum atomic E-state index is 14.3. The van der Waals surface area contributed by atoms with Gasteiger partial charge in [0.25, 0.3) is 0 Å². The molecule has 5 rings (SSSR count). The summed E-state index contributed by atoms with van der Waals surface area (Å²) < 4.78 is 20.4. The molecule has 2 aliphatic heterocycles. The molecule has 2 amide bonds. The Hall–Kier alpha value is -3.75. The van der Waals surface area contributed by atoms with Gasteiger partial charge >= 0.3 is 0 Å². The van der Waals surface area contributed by atoms with Crippen LogP contribution >= 0.6 is 0 Å². The van der Waals surface area contributed by atoms with Crippen LogP contribution in [-0.4, -0.2) is 38.8 Å². The van der Waals surface area contributed by atoms with E-state index in [2.05, 4.69) is 21.9 Å². The zero-order valence-corrected chi connectivity index (χ0v) is 22.0. The Morgan fingerprint density at radius 1 is 1.37 bits per heavy atom. The van der Waals surface area contributed by atoms with E-state index in [-0.39, 0.29) is 42.1 Å². The minimum absolute atomic E-state index is 0.0448. The van der Waals surface area contributed by atoms with Gasteiger partial charge in [0.05, 0.1) is 30.2 Å². The summed E-state index contributed by atoms with van der Waals surface area (Å²) in [4.78, 5) is 37.0. The van der Waals surface area contributed by atoms with Crippen molar-refractivity contribution in [1.82, 2.24) is 15.2 Å². The molecule has 3 N–H and O–H groups in total. The van der Waals surface area contributed by atoms with Crippen molar-refractivity contribution in [1.29, 1.82) is 0 Å². The fourth-order valence-electron chi connectivity index (χ4n) is 5.81. The SMILES string of the molecule is C=C[C@@]1(CC)CC(=O)N(C(c2cncc(F)c2)[C@@H]2C[C@H]2C(=O)N[C@H]2CC(C)(C)Oc3ccccc32)C(N)=N1. The van der Waals surface area contributed by atoms with E-state index < -0.39 is 23.0 Å². The zero-order chi connectivity index (χ0) is 27.2. The lowest BCUT2D eigenvalue weighted by molar-refractivity contribution is -0.132. The summed E-state index contributed by atoms with van der Waals surface area (Å²) >= 11 is 0. The van der Waals surface area contributed by atoms with Gasteiger partial charge in [-0.1, -0.05) is 31.2 Å². The number of pyridine rings is 1. The van der Waals surface area contributed by atoms with Crippen LogP contribution in [0.25, 0.3) is 0 Å². The number of aliphatic imine (C=N–C) groups is 1. The molecule has 0 radical (unpaired) electrons. The first kappa shape index (κ1) is 25.9. The fourth-order valence-corrected chi connectivity index (χ4v) is 5.81. The highest BCUT2D eigenvalue weighted by Crippen LogP contribution is 2.52. The van der Waals surface area contributed by atoms with Gasteiger partial charge in [-0.15, -0.1) is 6.58 Å². The highest BCUT2D eigenvalue weighted by Gasteiger charge is 2.54. The molecule has 1 saturated carbocycles. The normalized spacial score (nSPS) is 28.4. The predicted octanol–water partition coefficient (Wildman–Crippen LogP) is 4.20. The average Bonchev–Trinajstić information content (AvgIpc) is 3.66. The van der Waals surface area contributed by atoms with Crippen molar-refractivity contribution < 1.29 is 18.7 Å². The molecule has 1 aromatic heterocycles. The van der Waals surface area contributed by atoms with E-state index in [0.717, 1.165) is 17.5 Å². The molecule has 5 atom stereocenters. The first-order valence-corrected chi connectivity index (χ1v) is 13.1. The van der Waals surface area contributed by atoms with Gasteiger partial charge in [-0.3, -0.25) is 19.5 Å². The predicted molar refractivity (Wildman–Crippen MR) is 141 cm³/mol. The number of hydrogen-bond acceptors (Lipinski definition) is 6. The van der Waals surface area contributed by atoms with E-state index in [1.165, 1.54) is 17.2 Å². The largest absolute Gasteiger partial charge is 0.487 e. The molecule has 1 aliphatic carbocycles. The van der Waals surface area contributed by atoms with E-state index in [0.29, 0.717) is 24.8 Å². The van der Waals surface area contributed by atoms with E-state index >= 15 is 0 Å². The summed E-state index contributed by atoms with van der Waals surface area (Å²) in [7, 11) is 0. The number of para-hydroxylation sites is 1. The number of carbonyl (C=O) groups excluding carboxylic acids is 2. The lowest BCUT2D eigenvalue weighted by Gasteiger charge is -2.39. The number of halogens is 1. The Balaban J connectivity index is 1.42. The van der Waals surface area contributed by atoms with Crippen LogP contribution in [0.5, 0.6) is 5.75 Å². The van der Waals surface area contributed by atoms with Crippen molar-refractivity contribution in [2.75, 3.05) is 0 Å². The molecule has 3 heterocycles. The Morgan fingerprint density at radius 3 is 2.82 bits per heavy atom. The molecule has 0 bridgehead atoms. The third-order valence-corrected chi connectivity index (χ3v) is 7.92. The molecule has 1 fully saturated rings. The summed E-state index contributed by atoms with van der Waals surface area (Å²) in [6.07, 6.45) is 6.10. The van der Waals surface area contributed by atoms with Crippen LogP contribution in [0.15, 0.2) is 60.4 Å². The van der Waals surface area contributed by atoms with Crippen LogP contribution in [0.1, 0.15) is 69.7 Å². The van der Waals surface area contributed by atoms with Crippen LogP contribution in [-0.2, 0) is 9.59 Å². The topological polar surface area (TPSA) is 110 Å². The standard InChI is InChI=1S/C29H34FN5O3/c1-5-29(6-2)14-24(36)35(27(31)34-29)25(17-11-18(30)16-32-15-17)20-12-21(20)26(37)33-22-13-28(3,4)38-23-10-8-7-9-19(22)23/h5,7-11,15-16,20-22,25H,1,6,12-14H2,2-4H3,(H2,31,34)(H,33,37)/t20-,21-,22+,25?,29-/m1/s1. The fraction of sp³-hybridized carbons (Fsp3) is 0.448. The number of nitrogens with two attached hydrogens (primary N) is 1. The Bertz CT molecular complexity index is 1310. The highest BCUT2D eigenvalue weighted by molar-refractivity contribution is 6.00. The second-order valence-corrected chi connectivity index (χ2v) is 11.1. The minimum atomic E-state index is -0.772. The van der Waals surface area contributed by atoms with Crippen LogP contribution in [0.4, 0.5) is 4.39 Å². The molecule has 8 nitrogen and oxygen atoms in total. The molecule has 3 aliphatic rings. The number of amides is 2. The number of hydrogen-bond donors (Lipinski definition) is 2. The first-order chi connectivity index (χ1) is 18.1. The van der Waals surface area contributed by atoms with Crippen LogP contribution < -0.4 is 15.8 Å². The number of ether oxygens (including phenoxy) is 1. The van der Waals surface area contributed by atoms with Gasteiger partial charge in [0.1, 0.15) is 17.2 Å². The number of carbonyl (C=O) groups is 2. The van der Waals surface area contributed by atoms with Crippen LogP contribution in [0.3, 0.4) is 0 Å². The van der Waals surface area contributed by atoms with Crippen molar-refractivity contribution in [3.63, 3.8) is 0 Å². The summed E-state index contributed by atoms with van der Waals surface area (Å²) in [6.45, 7) is 9.77. The van der Waals surface area contributed by atoms with Gasteiger partial charge in [0.15, 0.2) is 5.96 Å². The minimum Gasteiger partial charge on any atom is -0.487 e.